The van der Waals surface area contributed by atoms with Crippen molar-refractivity contribution in [3.8, 4) is 16.9 Å². The molecule has 0 amide bonds. The van der Waals surface area contributed by atoms with Gasteiger partial charge in [0.05, 0.1) is 5.69 Å². The Morgan fingerprint density at radius 3 is 2.35 bits per heavy atom. The quantitative estimate of drug-likeness (QED) is 0.657. The van der Waals surface area contributed by atoms with Gasteiger partial charge < -0.3 is 4.74 Å². The maximum absolute atomic E-state index is 13.3. The van der Waals surface area contributed by atoms with Gasteiger partial charge in [-0.1, -0.05) is 54.6 Å². The highest BCUT2D eigenvalue weighted by Crippen LogP contribution is 2.49. The van der Waals surface area contributed by atoms with Gasteiger partial charge >= 0.3 is 15.5 Å². The summed E-state index contributed by atoms with van der Waals surface area (Å²) >= 11 is 0. The zero-order chi connectivity index (χ0) is 18.5. The van der Waals surface area contributed by atoms with E-state index in [1.54, 1.807) is 48.5 Å². The van der Waals surface area contributed by atoms with Crippen molar-refractivity contribution in [3.63, 3.8) is 0 Å². The van der Waals surface area contributed by atoms with E-state index in [0.717, 1.165) is 5.56 Å². The summed E-state index contributed by atoms with van der Waals surface area (Å²) in [6, 6.07) is 17.9. The predicted octanol–water partition coefficient (Wildman–Crippen LogP) is 4.54. The average Bonchev–Trinajstić information content (AvgIpc) is 3.07. The maximum atomic E-state index is 13.3. The number of fused-ring (bicyclic) bond motifs is 2. The van der Waals surface area contributed by atoms with Crippen molar-refractivity contribution in [3.05, 3.63) is 72.3 Å². The van der Waals surface area contributed by atoms with Crippen LogP contribution in [0.2, 0.25) is 0 Å². The van der Waals surface area contributed by atoms with Gasteiger partial charge in [0.1, 0.15) is 5.75 Å². The number of para-hydroxylation sites is 2. The van der Waals surface area contributed by atoms with Gasteiger partial charge in [-0.25, -0.2) is 4.31 Å². The molecule has 1 aromatic rings. The van der Waals surface area contributed by atoms with Gasteiger partial charge in [0.15, 0.2) is 0 Å². The van der Waals surface area contributed by atoms with Crippen LogP contribution in [0, 0.1) is 0 Å². The predicted molar refractivity (Wildman–Crippen MR) is 90.3 cm³/mol. The summed E-state index contributed by atoms with van der Waals surface area (Å²) in [4.78, 5) is 0. The minimum atomic E-state index is -5.64. The minimum absolute atomic E-state index is 0.0833. The first-order chi connectivity index (χ1) is 12.3. The SMILES string of the molecule is O=S(=O)(N1c2ccccc2OC1c1ccc2cccccc1-2)C(F)(F)F. The first-order valence-electron chi connectivity index (χ1n) is 7.65. The van der Waals surface area contributed by atoms with Crippen LogP contribution in [-0.4, -0.2) is 13.9 Å². The summed E-state index contributed by atoms with van der Waals surface area (Å²) in [5.41, 5.74) is -3.84. The lowest BCUT2D eigenvalue weighted by atomic mass is 10.1. The summed E-state index contributed by atoms with van der Waals surface area (Å²) in [7, 11) is -5.64. The van der Waals surface area contributed by atoms with Crippen LogP contribution in [0.4, 0.5) is 18.9 Å². The highest BCUT2D eigenvalue weighted by molar-refractivity contribution is 7.93. The Kier molecular flexibility index (Phi) is 3.62. The van der Waals surface area contributed by atoms with Gasteiger partial charge in [-0.3, -0.25) is 0 Å². The number of halogens is 3. The molecule has 0 fully saturated rings. The van der Waals surface area contributed by atoms with Crippen LogP contribution in [0.1, 0.15) is 11.8 Å². The van der Waals surface area contributed by atoms with Crippen molar-refractivity contribution in [2.75, 3.05) is 4.31 Å². The van der Waals surface area contributed by atoms with Gasteiger partial charge in [-0.15, -0.1) is 0 Å². The van der Waals surface area contributed by atoms with E-state index in [-0.39, 0.29) is 11.4 Å². The van der Waals surface area contributed by atoms with Gasteiger partial charge in [-0.2, -0.15) is 21.6 Å². The van der Waals surface area contributed by atoms with Crippen molar-refractivity contribution >= 4 is 15.7 Å². The summed E-state index contributed by atoms with van der Waals surface area (Å²) in [6.45, 7) is 0. The van der Waals surface area contributed by atoms with Gasteiger partial charge in [0.25, 0.3) is 0 Å². The fourth-order valence-electron chi connectivity index (χ4n) is 3.04. The van der Waals surface area contributed by atoms with Crippen molar-refractivity contribution in [2.45, 2.75) is 11.7 Å². The number of nitrogens with zero attached hydrogens (tertiary/aromatic N) is 1. The van der Waals surface area contributed by atoms with E-state index in [9.17, 15) is 21.6 Å². The van der Waals surface area contributed by atoms with E-state index in [4.69, 9.17) is 4.74 Å². The molecule has 0 bridgehead atoms. The molecule has 1 aromatic carbocycles. The first kappa shape index (κ1) is 16.7. The third-order valence-corrected chi connectivity index (χ3v) is 5.69. The van der Waals surface area contributed by atoms with Crippen LogP contribution in [-0.2, 0) is 10.0 Å². The smallest absolute Gasteiger partial charge is 0.463 e. The molecule has 4 rings (SSSR count). The van der Waals surface area contributed by atoms with Crippen LogP contribution < -0.4 is 9.04 Å². The third kappa shape index (κ3) is 2.40. The molecule has 1 aliphatic heterocycles. The molecule has 3 aliphatic rings. The Bertz CT molecular complexity index is 1050. The minimum Gasteiger partial charge on any atom is -0.463 e. The summed E-state index contributed by atoms with van der Waals surface area (Å²) in [5.74, 6) is 0.0833. The van der Waals surface area contributed by atoms with E-state index in [1.165, 1.54) is 18.2 Å². The van der Waals surface area contributed by atoms with Crippen molar-refractivity contribution in [2.24, 2.45) is 0 Å². The second-order valence-corrected chi connectivity index (χ2v) is 7.56. The fraction of sp³-hybridized carbons (Fsp3) is 0.111. The molecule has 2 aliphatic carbocycles. The number of benzene rings is 1. The Hall–Kier alpha value is -2.74. The number of anilines is 1. The van der Waals surface area contributed by atoms with E-state index < -0.39 is 21.8 Å². The number of rotatable bonds is 2. The molecule has 0 N–H and O–H groups in total. The summed E-state index contributed by atoms with van der Waals surface area (Å²) in [5, 5.41) is 0. The zero-order valence-corrected chi connectivity index (χ0v) is 14.0. The van der Waals surface area contributed by atoms with Crippen LogP contribution >= 0.6 is 0 Å². The van der Waals surface area contributed by atoms with Gasteiger partial charge in [0, 0.05) is 5.56 Å². The lowest BCUT2D eigenvalue weighted by Gasteiger charge is -2.26. The second kappa shape index (κ2) is 5.63. The molecular weight excluding hydrogens is 367 g/mol. The second-order valence-electron chi connectivity index (χ2n) is 5.75. The third-order valence-electron chi connectivity index (χ3n) is 4.20. The zero-order valence-electron chi connectivity index (χ0n) is 13.1. The van der Waals surface area contributed by atoms with Crippen LogP contribution in [0.15, 0.2) is 66.7 Å². The summed E-state index contributed by atoms with van der Waals surface area (Å²) in [6.07, 6.45) is -1.43. The number of hydrogen-bond acceptors (Lipinski definition) is 3. The number of hydrogen-bond donors (Lipinski definition) is 0. The topological polar surface area (TPSA) is 46.6 Å². The number of sulfonamides is 1. The molecule has 134 valence electrons. The average molecular weight is 379 g/mol. The molecule has 0 saturated heterocycles. The van der Waals surface area contributed by atoms with E-state index in [0.29, 0.717) is 15.4 Å². The Morgan fingerprint density at radius 1 is 0.885 bits per heavy atom. The molecule has 0 aromatic heterocycles. The Labute approximate surface area is 147 Å². The largest absolute Gasteiger partial charge is 0.516 e. The van der Waals surface area contributed by atoms with Crippen LogP contribution in [0.25, 0.3) is 11.1 Å². The highest BCUT2D eigenvalue weighted by Gasteiger charge is 2.55. The van der Waals surface area contributed by atoms with Crippen LogP contribution in [0.3, 0.4) is 0 Å². The monoisotopic (exact) mass is 379 g/mol. The van der Waals surface area contributed by atoms with Crippen molar-refractivity contribution in [1.82, 2.24) is 0 Å². The lowest BCUT2D eigenvalue weighted by Crippen LogP contribution is -2.42. The molecule has 0 radical (unpaired) electrons. The molecular formula is C18H12F3NO3S. The van der Waals surface area contributed by atoms with Gasteiger partial charge in [-0.05, 0) is 23.3 Å². The Balaban J connectivity index is 1.91. The van der Waals surface area contributed by atoms with E-state index >= 15 is 0 Å². The standard InChI is InChI=1S/C18H12F3NO3S/c19-18(20,21)26(23,24)22-15-8-4-5-9-16(15)25-17(22)14-11-10-12-6-2-1-3-7-13(12)14/h1-11,17H. The summed E-state index contributed by atoms with van der Waals surface area (Å²) < 4.78 is 70.3. The molecule has 0 spiro atoms. The van der Waals surface area contributed by atoms with Gasteiger partial charge in [0.2, 0.25) is 6.23 Å². The lowest BCUT2D eigenvalue weighted by molar-refractivity contribution is -0.0444. The molecule has 8 heteroatoms. The molecule has 0 saturated carbocycles. The highest BCUT2D eigenvalue weighted by atomic mass is 32.2. The van der Waals surface area contributed by atoms with Crippen molar-refractivity contribution in [1.29, 1.82) is 0 Å². The molecule has 1 unspecified atom stereocenters. The molecule has 26 heavy (non-hydrogen) atoms. The van der Waals surface area contributed by atoms with Crippen molar-refractivity contribution < 1.29 is 26.3 Å². The number of alkyl halides is 3. The van der Waals surface area contributed by atoms with E-state index in [2.05, 4.69) is 0 Å². The van der Waals surface area contributed by atoms with Crippen LogP contribution in [0.5, 0.6) is 5.75 Å². The molecule has 4 nitrogen and oxygen atoms in total. The van der Waals surface area contributed by atoms with E-state index in [1.807, 2.05) is 0 Å². The number of ether oxygens (including phenoxy) is 1. The molecule has 1 heterocycles. The maximum Gasteiger partial charge on any atom is 0.516 e. The first-order valence-corrected chi connectivity index (χ1v) is 9.09. The molecule has 1 atom stereocenters. The normalized spacial score (nSPS) is 17.2. The Morgan fingerprint density at radius 2 is 1.58 bits per heavy atom. The fourth-order valence-corrected chi connectivity index (χ4v) is 4.09.